The van der Waals surface area contributed by atoms with Gasteiger partial charge in [-0.3, -0.25) is 9.69 Å². The molecule has 3 rings (SSSR count). The van der Waals surface area contributed by atoms with E-state index in [0.717, 1.165) is 43.1 Å². The number of carbonyl (C=O) groups excluding carboxylic acids is 1. The van der Waals surface area contributed by atoms with Gasteiger partial charge in [-0.2, -0.15) is 0 Å². The number of nitrogens with one attached hydrogen (secondary N) is 1. The van der Waals surface area contributed by atoms with Crippen molar-refractivity contribution in [2.45, 2.75) is 19.9 Å². The van der Waals surface area contributed by atoms with Crippen LogP contribution in [0.3, 0.4) is 0 Å². The summed E-state index contributed by atoms with van der Waals surface area (Å²) in [7, 11) is 0. The van der Waals surface area contributed by atoms with Crippen molar-refractivity contribution in [2.24, 2.45) is 0 Å². The first-order valence-corrected chi connectivity index (χ1v) is 9.14. The lowest BCUT2D eigenvalue weighted by molar-refractivity contribution is -0.120. The number of hydrogen-bond acceptors (Lipinski definition) is 3. The van der Waals surface area contributed by atoms with E-state index in [1.807, 2.05) is 32.0 Å². The van der Waals surface area contributed by atoms with Crippen LogP contribution >= 0.6 is 11.6 Å². The monoisotopic (exact) mass is 375 g/mol. The second-order valence-electron chi connectivity index (χ2n) is 6.58. The quantitative estimate of drug-likeness (QED) is 0.879. The molecule has 0 aromatic heterocycles. The Morgan fingerprint density at radius 3 is 2.42 bits per heavy atom. The standard InChI is InChI=1S/C20H23ClFN3O/c1-14-18(21)4-3-5-19(14)23-20(26)15(2)24-10-12-25(13-11-24)17-8-6-16(22)7-9-17/h3-9,15H,10-13H2,1-2H3,(H,23,26)/t15-/m0/s1. The molecule has 0 saturated carbocycles. The summed E-state index contributed by atoms with van der Waals surface area (Å²) in [5, 5.41) is 3.62. The normalized spacial score (nSPS) is 16.4. The summed E-state index contributed by atoms with van der Waals surface area (Å²) in [5.41, 5.74) is 2.63. The molecular weight excluding hydrogens is 353 g/mol. The third-order valence-corrected chi connectivity index (χ3v) is 5.37. The SMILES string of the molecule is Cc1c(Cl)cccc1NC(=O)[C@H](C)N1CCN(c2ccc(F)cc2)CC1. The number of nitrogens with zero attached hydrogens (tertiary/aromatic N) is 2. The molecule has 0 spiro atoms. The van der Waals surface area contributed by atoms with Crippen molar-refractivity contribution in [2.75, 3.05) is 36.4 Å². The number of piperazine rings is 1. The first-order chi connectivity index (χ1) is 12.5. The van der Waals surface area contributed by atoms with Crippen LogP contribution in [0.4, 0.5) is 15.8 Å². The molecule has 0 radical (unpaired) electrons. The Morgan fingerprint density at radius 1 is 1.12 bits per heavy atom. The van der Waals surface area contributed by atoms with Gasteiger partial charge in [0.1, 0.15) is 5.82 Å². The summed E-state index contributed by atoms with van der Waals surface area (Å²) < 4.78 is 13.1. The number of anilines is 2. The minimum atomic E-state index is -0.233. The van der Waals surface area contributed by atoms with E-state index in [0.29, 0.717) is 5.02 Å². The Labute approximate surface area is 158 Å². The molecule has 1 amide bonds. The molecule has 1 saturated heterocycles. The van der Waals surface area contributed by atoms with Crippen LogP contribution in [0.15, 0.2) is 42.5 Å². The van der Waals surface area contributed by atoms with E-state index in [1.165, 1.54) is 12.1 Å². The molecular formula is C20H23ClFN3O. The van der Waals surface area contributed by atoms with Crippen LogP contribution in [0.1, 0.15) is 12.5 Å². The Hall–Kier alpha value is -2.11. The fourth-order valence-electron chi connectivity index (χ4n) is 3.17. The van der Waals surface area contributed by atoms with Crippen LogP contribution < -0.4 is 10.2 Å². The smallest absolute Gasteiger partial charge is 0.241 e. The van der Waals surface area contributed by atoms with E-state index in [-0.39, 0.29) is 17.8 Å². The van der Waals surface area contributed by atoms with E-state index in [2.05, 4.69) is 15.1 Å². The van der Waals surface area contributed by atoms with E-state index in [4.69, 9.17) is 11.6 Å². The minimum absolute atomic E-state index is 0.0365. The Bertz CT molecular complexity index is 773. The molecule has 1 N–H and O–H groups in total. The molecule has 0 unspecified atom stereocenters. The maximum absolute atomic E-state index is 13.1. The van der Waals surface area contributed by atoms with Crippen LogP contribution in [-0.2, 0) is 4.79 Å². The van der Waals surface area contributed by atoms with Crippen LogP contribution in [0.25, 0.3) is 0 Å². The third-order valence-electron chi connectivity index (χ3n) is 4.96. The Balaban J connectivity index is 1.57. The Kier molecular flexibility index (Phi) is 5.79. The topological polar surface area (TPSA) is 35.6 Å². The van der Waals surface area contributed by atoms with Gasteiger partial charge in [0.25, 0.3) is 0 Å². The van der Waals surface area contributed by atoms with Gasteiger partial charge in [0.05, 0.1) is 6.04 Å². The van der Waals surface area contributed by atoms with E-state index in [1.54, 1.807) is 12.1 Å². The van der Waals surface area contributed by atoms with Crippen molar-refractivity contribution >= 4 is 28.9 Å². The molecule has 1 fully saturated rings. The lowest BCUT2D eigenvalue weighted by Crippen LogP contribution is -2.52. The van der Waals surface area contributed by atoms with Gasteiger partial charge in [0.2, 0.25) is 5.91 Å². The van der Waals surface area contributed by atoms with Crippen molar-refractivity contribution < 1.29 is 9.18 Å². The molecule has 138 valence electrons. The number of carbonyl (C=O) groups is 1. The summed E-state index contributed by atoms with van der Waals surface area (Å²) in [4.78, 5) is 17.0. The van der Waals surface area contributed by atoms with Crippen LogP contribution in [-0.4, -0.2) is 43.0 Å². The third kappa shape index (κ3) is 4.17. The van der Waals surface area contributed by atoms with Gasteiger partial charge >= 0.3 is 0 Å². The van der Waals surface area contributed by atoms with Crippen molar-refractivity contribution in [1.82, 2.24) is 4.90 Å². The fourth-order valence-corrected chi connectivity index (χ4v) is 3.34. The zero-order valence-corrected chi connectivity index (χ0v) is 15.8. The molecule has 1 atom stereocenters. The van der Waals surface area contributed by atoms with Gasteiger partial charge in [-0.1, -0.05) is 17.7 Å². The second-order valence-corrected chi connectivity index (χ2v) is 6.98. The highest BCUT2D eigenvalue weighted by molar-refractivity contribution is 6.31. The summed E-state index contributed by atoms with van der Waals surface area (Å²) >= 11 is 6.12. The van der Waals surface area contributed by atoms with Crippen LogP contribution in [0.5, 0.6) is 0 Å². The van der Waals surface area contributed by atoms with Crippen LogP contribution in [0.2, 0.25) is 5.02 Å². The van der Waals surface area contributed by atoms with Gasteiger partial charge in [-0.05, 0) is 55.8 Å². The summed E-state index contributed by atoms with van der Waals surface area (Å²) in [6.45, 7) is 6.98. The predicted molar refractivity (Wildman–Crippen MR) is 104 cm³/mol. The molecule has 0 aliphatic carbocycles. The summed E-state index contributed by atoms with van der Waals surface area (Å²) in [6.07, 6.45) is 0. The fraction of sp³-hybridized carbons (Fsp3) is 0.350. The van der Waals surface area contributed by atoms with Crippen molar-refractivity contribution in [3.63, 3.8) is 0 Å². The van der Waals surface area contributed by atoms with Crippen molar-refractivity contribution in [3.8, 4) is 0 Å². The average molecular weight is 376 g/mol. The molecule has 6 heteroatoms. The maximum Gasteiger partial charge on any atom is 0.241 e. The molecule has 2 aromatic rings. The van der Waals surface area contributed by atoms with Gasteiger partial charge in [-0.15, -0.1) is 0 Å². The van der Waals surface area contributed by atoms with Crippen LogP contribution in [0, 0.1) is 12.7 Å². The maximum atomic E-state index is 13.1. The molecule has 26 heavy (non-hydrogen) atoms. The lowest BCUT2D eigenvalue weighted by Gasteiger charge is -2.38. The Morgan fingerprint density at radius 2 is 1.77 bits per heavy atom. The summed E-state index contributed by atoms with van der Waals surface area (Å²) in [5.74, 6) is -0.264. The largest absolute Gasteiger partial charge is 0.369 e. The summed E-state index contributed by atoms with van der Waals surface area (Å²) in [6, 6.07) is 11.8. The first-order valence-electron chi connectivity index (χ1n) is 8.76. The van der Waals surface area contributed by atoms with E-state index >= 15 is 0 Å². The minimum Gasteiger partial charge on any atom is -0.369 e. The number of halogens is 2. The second kappa shape index (κ2) is 8.06. The molecule has 1 heterocycles. The predicted octanol–water partition coefficient (Wildman–Crippen LogP) is 3.94. The van der Waals surface area contributed by atoms with E-state index < -0.39 is 0 Å². The number of rotatable bonds is 4. The van der Waals surface area contributed by atoms with Gasteiger partial charge in [-0.25, -0.2) is 4.39 Å². The average Bonchev–Trinajstić information content (AvgIpc) is 2.65. The molecule has 0 bridgehead atoms. The molecule has 1 aliphatic heterocycles. The molecule has 4 nitrogen and oxygen atoms in total. The number of hydrogen-bond donors (Lipinski definition) is 1. The zero-order chi connectivity index (χ0) is 18.7. The van der Waals surface area contributed by atoms with Gasteiger partial charge in [0, 0.05) is 42.6 Å². The first kappa shape index (κ1) is 18.7. The zero-order valence-electron chi connectivity index (χ0n) is 15.0. The van der Waals surface area contributed by atoms with E-state index in [9.17, 15) is 9.18 Å². The highest BCUT2D eigenvalue weighted by Gasteiger charge is 2.26. The molecule has 2 aromatic carbocycles. The number of benzene rings is 2. The van der Waals surface area contributed by atoms with Gasteiger partial charge in [0.15, 0.2) is 0 Å². The lowest BCUT2D eigenvalue weighted by atomic mass is 10.1. The highest BCUT2D eigenvalue weighted by Crippen LogP contribution is 2.23. The van der Waals surface area contributed by atoms with Gasteiger partial charge < -0.3 is 10.2 Å². The van der Waals surface area contributed by atoms with Crippen molar-refractivity contribution in [3.05, 3.63) is 58.9 Å². The molecule has 1 aliphatic rings. The number of amides is 1. The highest BCUT2D eigenvalue weighted by atomic mass is 35.5. The van der Waals surface area contributed by atoms with Crippen molar-refractivity contribution in [1.29, 1.82) is 0 Å².